The molecule has 0 spiro atoms. The van der Waals surface area contributed by atoms with Crippen molar-refractivity contribution in [1.29, 1.82) is 0 Å². The largest absolute Gasteiger partial charge is 0.417 e. The average molecular weight is 278 g/mol. The highest BCUT2D eigenvalue weighted by Crippen LogP contribution is 2.43. The summed E-state index contributed by atoms with van der Waals surface area (Å²) in [5.74, 6) is 0. The molecular weight excluding hydrogens is 271 g/mol. The van der Waals surface area contributed by atoms with E-state index in [2.05, 4.69) is 0 Å². The van der Waals surface area contributed by atoms with Crippen LogP contribution in [0, 0.1) is 0 Å². The normalized spacial score (nSPS) is 11.8. The van der Waals surface area contributed by atoms with Gasteiger partial charge in [0.1, 0.15) is 0 Å². The number of anilines is 1. The molecule has 1 aromatic heterocycles. The minimum absolute atomic E-state index is 0.117. The van der Waals surface area contributed by atoms with Gasteiger partial charge in [-0.1, -0.05) is 23.7 Å². The number of nitrogens with two attached hydrogens (primary N) is 1. The van der Waals surface area contributed by atoms with Gasteiger partial charge in [0.25, 0.3) is 0 Å². The lowest BCUT2D eigenvalue weighted by Crippen LogP contribution is -2.04. The highest BCUT2D eigenvalue weighted by Gasteiger charge is 2.35. The number of hydrogen-bond acceptors (Lipinski definition) is 2. The maximum Gasteiger partial charge on any atom is 0.417 e. The monoisotopic (exact) mass is 277 g/mol. The van der Waals surface area contributed by atoms with Crippen LogP contribution in [-0.4, -0.2) is 0 Å². The molecule has 0 aliphatic heterocycles. The topological polar surface area (TPSA) is 26.0 Å². The first-order chi connectivity index (χ1) is 7.88. The van der Waals surface area contributed by atoms with E-state index in [0.29, 0.717) is 10.6 Å². The van der Waals surface area contributed by atoms with E-state index in [0.717, 1.165) is 17.4 Å². The van der Waals surface area contributed by atoms with Crippen LogP contribution >= 0.6 is 22.9 Å². The second kappa shape index (κ2) is 4.23. The molecule has 0 atom stereocenters. The van der Waals surface area contributed by atoms with Crippen molar-refractivity contribution in [2.24, 2.45) is 0 Å². The molecule has 17 heavy (non-hydrogen) atoms. The third kappa shape index (κ3) is 2.56. The number of hydrogen-bond donors (Lipinski definition) is 1. The zero-order valence-electron chi connectivity index (χ0n) is 8.38. The molecular formula is C11H7ClF3NS. The summed E-state index contributed by atoms with van der Waals surface area (Å²) in [5.41, 5.74) is 5.19. The van der Waals surface area contributed by atoms with E-state index in [4.69, 9.17) is 17.3 Å². The number of nitrogen functional groups attached to an aromatic ring is 1. The smallest absolute Gasteiger partial charge is 0.391 e. The van der Waals surface area contributed by atoms with Crippen LogP contribution in [0.15, 0.2) is 30.3 Å². The predicted molar refractivity (Wildman–Crippen MR) is 64.2 cm³/mol. The van der Waals surface area contributed by atoms with Gasteiger partial charge < -0.3 is 5.73 Å². The van der Waals surface area contributed by atoms with Crippen LogP contribution in [0.3, 0.4) is 0 Å². The van der Waals surface area contributed by atoms with E-state index in [1.165, 1.54) is 0 Å². The number of thiophene rings is 1. The molecule has 6 heteroatoms. The van der Waals surface area contributed by atoms with E-state index in [1.807, 2.05) is 0 Å². The van der Waals surface area contributed by atoms with Gasteiger partial charge >= 0.3 is 6.18 Å². The third-order valence-electron chi connectivity index (χ3n) is 2.16. The first kappa shape index (κ1) is 12.3. The lowest BCUT2D eigenvalue weighted by Gasteiger charge is -2.07. The number of benzene rings is 1. The molecule has 2 aromatic rings. The molecule has 0 aliphatic carbocycles. The predicted octanol–water partition coefficient (Wildman–Crippen LogP) is 4.67. The second-order valence-corrected chi connectivity index (χ2v) is 4.92. The fourth-order valence-corrected chi connectivity index (χ4v) is 2.51. The van der Waals surface area contributed by atoms with E-state index in [9.17, 15) is 13.2 Å². The van der Waals surface area contributed by atoms with Crippen molar-refractivity contribution < 1.29 is 13.2 Å². The Hall–Kier alpha value is -1.20. The molecule has 0 unspecified atom stereocenters. The summed E-state index contributed by atoms with van der Waals surface area (Å²) in [6.07, 6.45) is -4.40. The zero-order valence-corrected chi connectivity index (χ0v) is 9.96. The van der Waals surface area contributed by atoms with Crippen molar-refractivity contribution in [2.75, 3.05) is 5.73 Å². The van der Waals surface area contributed by atoms with E-state index in [1.54, 1.807) is 24.3 Å². The maximum absolute atomic E-state index is 12.8. The molecule has 1 aromatic carbocycles. The van der Waals surface area contributed by atoms with Crippen LogP contribution in [-0.2, 0) is 6.18 Å². The van der Waals surface area contributed by atoms with Crippen LogP contribution in [0.25, 0.3) is 10.4 Å². The van der Waals surface area contributed by atoms with Crippen LogP contribution in [0.1, 0.15) is 5.56 Å². The van der Waals surface area contributed by atoms with Gasteiger partial charge in [0.15, 0.2) is 0 Å². The van der Waals surface area contributed by atoms with E-state index in [-0.39, 0.29) is 9.88 Å². The molecule has 0 fully saturated rings. The summed E-state index contributed by atoms with van der Waals surface area (Å²) in [6, 6.07) is 7.14. The first-order valence-electron chi connectivity index (χ1n) is 4.60. The molecule has 0 amide bonds. The number of alkyl halides is 3. The summed E-state index contributed by atoms with van der Waals surface area (Å²) in [4.78, 5) is 0.117. The Bertz CT molecular complexity index is 531. The van der Waals surface area contributed by atoms with Crippen LogP contribution in [0.4, 0.5) is 18.2 Å². The molecule has 0 aliphatic rings. The third-order valence-corrected chi connectivity index (χ3v) is 3.43. The van der Waals surface area contributed by atoms with E-state index < -0.39 is 11.7 Å². The molecule has 0 radical (unpaired) electrons. The number of halogens is 4. The zero-order chi connectivity index (χ0) is 12.6. The maximum atomic E-state index is 12.8. The van der Waals surface area contributed by atoms with Crippen molar-refractivity contribution in [2.45, 2.75) is 6.18 Å². The minimum atomic E-state index is -4.40. The lowest BCUT2D eigenvalue weighted by molar-refractivity contribution is -0.136. The van der Waals surface area contributed by atoms with Gasteiger partial charge in [-0.2, -0.15) is 13.2 Å². The second-order valence-electron chi connectivity index (χ2n) is 3.40. The van der Waals surface area contributed by atoms with Gasteiger partial charge in [-0.3, -0.25) is 0 Å². The molecule has 2 N–H and O–H groups in total. The van der Waals surface area contributed by atoms with Gasteiger partial charge in [-0.05, 0) is 23.8 Å². The van der Waals surface area contributed by atoms with Crippen molar-refractivity contribution in [3.05, 3.63) is 40.9 Å². The molecule has 1 nitrogen and oxygen atoms in total. The summed E-state index contributed by atoms with van der Waals surface area (Å²) in [6.45, 7) is 0. The van der Waals surface area contributed by atoms with Gasteiger partial charge in [-0.25, -0.2) is 0 Å². The number of rotatable bonds is 1. The first-order valence-corrected chi connectivity index (χ1v) is 5.80. The molecule has 2 rings (SSSR count). The quantitative estimate of drug-likeness (QED) is 0.805. The highest BCUT2D eigenvalue weighted by atomic mass is 35.5. The molecule has 0 saturated carbocycles. The Morgan fingerprint density at radius 3 is 2.24 bits per heavy atom. The van der Waals surface area contributed by atoms with Crippen molar-refractivity contribution in [1.82, 2.24) is 0 Å². The Morgan fingerprint density at radius 1 is 1.12 bits per heavy atom. The highest BCUT2D eigenvalue weighted by molar-refractivity contribution is 7.19. The molecule has 0 bridgehead atoms. The Kier molecular flexibility index (Phi) is 3.05. The summed E-state index contributed by atoms with van der Waals surface area (Å²) in [5, 5.41) is 0.620. The molecule has 1 heterocycles. The fourth-order valence-electron chi connectivity index (χ4n) is 1.44. The van der Waals surface area contributed by atoms with Gasteiger partial charge in [0.2, 0.25) is 0 Å². The summed E-state index contributed by atoms with van der Waals surface area (Å²) < 4.78 is 38.3. The van der Waals surface area contributed by atoms with Crippen molar-refractivity contribution in [3.8, 4) is 10.4 Å². The summed E-state index contributed by atoms with van der Waals surface area (Å²) in [7, 11) is 0. The fraction of sp³-hybridized carbons (Fsp3) is 0.0909. The molecule has 90 valence electrons. The Balaban J connectivity index is 2.55. The SMILES string of the molecule is Nc1cc(C(F)(F)F)c(-c2ccc(Cl)cc2)s1. The minimum Gasteiger partial charge on any atom is -0.391 e. The van der Waals surface area contributed by atoms with Crippen molar-refractivity contribution in [3.63, 3.8) is 0 Å². The molecule has 0 saturated heterocycles. The Morgan fingerprint density at radius 2 is 1.71 bits per heavy atom. The Labute approximate surface area is 105 Å². The lowest BCUT2D eigenvalue weighted by atomic mass is 10.1. The standard InChI is InChI=1S/C11H7ClF3NS/c12-7-3-1-6(2-4-7)10-8(11(13,14)15)5-9(16)17-10/h1-5H,16H2. The van der Waals surface area contributed by atoms with Crippen LogP contribution < -0.4 is 5.73 Å². The van der Waals surface area contributed by atoms with Gasteiger partial charge in [0.05, 0.1) is 10.6 Å². The van der Waals surface area contributed by atoms with Gasteiger partial charge in [0, 0.05) is 9.90 Å². The van der Waals surface area contributed by atoms with Gasteiger partial charge in [-0.15, -0.1) is 11.3 Å². The average Bonchev–Trinajstić information content (AvgIpc) is 2.61. The van der Waals surface area contributed by atoms with Crippen molar-refractivity contribution >= 4 is 27.9 Å². The summed E-state index contributed by atoms with van der Waals surface area (Å²) >= 11 is 6.61. The van der Waals surface area contributed by atoms with Crippen LogP contribution in [0.5, 0.6) is 0 Å². The van der Waals surface area contributed by atoms with E-state index >= 15 is 0 Å². The van der Waals surface area contributed by atoms with Crippen LogP contribution in [0.2, 0.25) is 5.02 Å².